The Labute approximate surface area is 204 Å². The predicted octanol–water partition coefficient (Wildman–Crippen LogP) is 3.03. The average Bonchev–Trinajstić information content (AvgIpc) is 3.32. The van der Waals surface area contributed by atoms with E-state index in [-0.39, 0.29) is 12.3 Å². The first-order valence-electron chi connectivity index (χ1n) is 11.4. The lowest BCUT2D eigenvalue weighted by Gasteiger charge is -2.32. The smallest absolute Gasteiger partial charge is 0.324 e. The number of hydrogen-bond donors (Lipinski definition) is 2. The van der Waals surface area contributed by atoms with E-state index < -0.39 is 41.2 Å². The number of anilines is 1. The molecule has 4 atom stereocenters. The monoisotopic (exact) mass is 482 g/mol. The molecular weight excluding hydrogens is 452 g/mol. The number of carbonyl (C=O) groups is 3. The lowest BCUT2D eigenvalue weighted by Crippen LogP contribution is -2.56. The van der Waals surface area contributed by atoms with Crippen molar-refractivity contribution in [2.45, 2.75) is 31.8 Å². The van der Waals surface area contributed by atoms with Gasteiger partial charge in [0.15, 0.2) is 11.5 Å². The summed E-state index contributed by atoms with van der Waals surface area (Å²) in [5, 5.41) is 13.7. The number of methoxy groups -OCH3 is 3. The number of rotatable bonds is 8. The SMILES string of the molecule is COc1ccc([C@@H]2N[C@](CC(C)C)(C(=O)O)[C@@H]3C(=O)N(c4ccccc4OC)C(=O)[C@@H]32)cc1OC. The largest absolute Gasteiger partial charge is 0.495 e. The Morgan fingerprint density at radius 2 is 1.66 bits per heavy atom. The van der Waals surface area contributed by atoms with E-state index in [1.807, 2.05) is 13.8 Å². The van der Waals surface area contributed by atoms with E-state index in [4.69, 9.17) is 14.2 Å². The summed E-state index contributed by atoms with van der Waals surface area (Å²) in [5.74, 6) is -2.96. The van der Waals surface area contributed by atoms with Gasteiger partial charge in [-0.25, -0.2) is 4.90 Å². The summed E-state index contributed by atoms with van der Waals surface area (Å²) < 4.78 is 16.2. The van der Waals surface area contributed by atoms with Gasteiger partial charge in [0.05, 0.1) is 38.9 Å². The minimum atomic E-state index is -1.62. The predicted molar refractivity (Wildman–Crippen MR) is 128 cm³/mol. The molecule has 9 heteroatoms. The molecule has 4 rings (SSSR count). The maximum Gasteiger partial charge on any atom is 0.324 e. The third kappa shape index (κ3) is 3.80. The van der Waals surface area contributed by atoms with Crippen molar-refractivity contribution in [1.82, 2.24) is 5.32 Å². The number of imide groups is 1. The van der Waals surface area contributed by atoms with Crippen LogP contribution in [-0.2, 0) is 14.4 Å². The summed E-state index contributed by atoms with van der Waals surface area (Å²) >= 11 is 0. The summed E-state index contributed by atoms with van der Waals surface area (Å²) in [6.07, 6.45) is 0.173. The molecule has 2 amide bonds. The van der Waals surface area contributed by atoms with E-state index in [1.54, 1.807) is 42.5 Å². The number of fused-ring (bicyclic) bond motifs is 1. The number of amides is 2. The van der Waals surface area contributed by atoms with Crippen LogP contribution >= 0.6 is 0 Å². The molecule has 0 saturated carbocycles. The summed E-state index contributed by atoms with van der Waals surface area (Å²) in [6, 6.07) is 11.2. The molecule has 35 heavy (non-hydrogen) atoms. The minimum absolute atomic E-state index is 0.0494. The molecule has 2 fully saturated rings. The van der Waals surface area contributed by atoms with Crippen LogP contribution in [0.2, 0.25) is 0 Å². The van der Waals surface area contributed by atoms with Gasteiger partial charge >= 0.3 is 5.97 Å². The molecule has 2 aliphatic rings. The van der Waals surface area contributed by atoms with Gasteiger partial charge in [-0.15, -0.1) is 0 Å². The molecule has 2 aromatic rings. The Morgan fingerprint density at radius 1 is 1.00 bits per heavy atom. The van der Waals surface area contributed by atoms with Gasteiger partial charge < -0.3 is 19.3 Å². The standard InChI is InChI=1S/C26H30N2O7/c1-14(2)13-26(25(31)32)21-20(22(27-26)15-10-11-18(34-4)19(12-15)35-5)23(29)28(24(21)30)16-8-6-7-9-17(16)33-3/h6-12,14,20-22,27H,13H2,1-5H3,(H,31,32)/t20-,21-,22-,26-/m0/s1. The molecule has 2 N–H and O–H groups in total. The molecule has 0 bridgehead atoms. The Kier molecular flexibility index (Phi) is 6.46. The summed E-state index contributed by atoms with van der Waals surface area (Å²) in [6.45, 7) is 3.79. The van der Waals surface area contributed by atoms with Crippen LogP contribution in [-0.4, -0.2) is 49.8 Å². The van der Waals surface area contributed by atoms with E-state index >= 15 is 0 Å². The number of aliphatic carboxylic acids is 1. The molecule has 0 radical (unpaired) electrons. The molecule has 0 unspecified atom stereocenters. The first-order chi connectivity index (χ1) is 16.7. The van der Waals surface area contributed by atoms with Gasteiger partial charge in [0.2, 0.25) is 11.8 Å². The van der Waals surface area contributed by atoms with Crippen molar-refractivity contribution < 1.29 is 33.7 Å². The number of benzene rings is 2. The Hall–Kier alpha value is -3.59. The average molecular weight is 483 g/mol. The van der Waals surface area contributed by atoms with Crippen molar-refractivity contribution in [2.24, 2.45) is 17.8 Å². The number of carboxylic acids is 1. The first kappa shape index (κ1) is 24.5. The fourth-order valence-corrected chi connectivity index (χ4v) is 5.50. The highest BCUT2D eigenvalue weighted by atomic mass is 16.5. The van der Waals surface area contributed by atoms with Crippen LogP contribution in [0.3, 0.4) is 0 Å². The first-order valence-corrected chi connectivity index (χ1v) is 11.4. The fourth-order valence-electron chi connectivity index (χ4n) is 5.50. The zero-order valence-corrected chi connectivity index (χ0v) is 20.4. The van der Waals surface area contributed by atoms with Crippen LogP contribution in [0.15, 0.2) is 42.5 Å². The van der Waals surface area contributed by atoms with Gasteiger partial charge in [0.1, 0.15) is 11.3 Å². The van der Waals surface area contributed by atoms with Crippen LogP contribution in [0.5, 0.6) is 17.2 Å². The van der Waals surface area contributed by atoms with Crippen molar-refractivity contribution in [3.63, 3.8) is 0 Å². The number of carbonyl (C=O) groups excluding carboxylic acids is 2. The second-order valence-corrected chi connectivity index (χ2v) is 9.30. The zero-order chi connectivity index (χ0) is 25.5. The van der Waals surface area contributed by atoms with Crippen molar-refractivity contribution in [2.75, 3.05) is 26.2 Å². The zero-order valence-electron chi connectivity index (χ0n) is 20.4. The highest BCUT2D eigenvalue weighted by Crippen LogP contribution is 2.53. The molecule has 9 nitrogen and oxygen atoms in total. The van der Waals surface area contributed by atoms with Gasteiger partial charge in [-0.05, 0) is 42.2 Å². The van der Waals surface area contributed by atoms with Gasteiger partial charge in [-0.2, -0.15) is 0 Å². The molecule has 0 spiro atoms. The van der Waals surface area contributed by atoms with Crippen LogP contribution in [0.4, 0.5) is 5.69 Å². The van der Waals surface area contributed by atoms with Crippen LogP contribution < -0.4 is 24.4 Å². The molecule has 0 aromatic heterocycles. The number of hydrogen-bond acceptors (Lipinski definition) is 7. The van der Waals surface area contributed by atoms with E-state index in [0.717, 1.165) is 4.90 Å². The van der Waals surface area contributed by atoms with Crippen molar-refractivity contribution in [3.8, 4) is 17.2 Å². The quantitative estimate of drug-likeness (QED) is 0.552. The fraction of sp³-hybridized carbons (Fsp3) is 0.423. The van der Waals surface area contributed by atoms with E-state index in [0.29, 0.717) is 28.5 Å². The molecule has 2 aliphatic heterocycles. The summed E-state index contributed by atoms with van der Waals surface area (Å²) in [5.41, 5.74) is -0.693. The third-order valence-corrected chi connectivity index (χ3v) is 6.86. The lowest BCUT2D eigenvalue weighted by atomic mass is 9.75. The highest BCUT2D eigenvalue weighted by Gasteiger charge is 2.68. The van der Waals surface area contributed by atoms with Crippen LogP contribution in [0, 0.1) is 17.8 Å². The van der Waals surface area contributed by atoms with Crippen molar-refractivity contribution >= 4 is 23.5 Å². The maximum atomic E-state index is 13.9. The van der Waals surface area contributed by atoms with Crippen LogP contribution in [0.25, 0.3) is 0 Å². The number of para-hydroxylation sites is 2. The lowest BCUT2D eigenvalue weighted by molar-refractivity contribution is -0.149. The Balaban J connectivity index is 1.89. The van der Waals surface area contributed by atoms with Gasteiger partial charge in [-0.3, -0.25) is 19.7 Å². The summed E-state index contributed by atoms with van der Waals surface area (Å²) in [7, 11) is 4.48. The minimum Gasteiger partial charge on any atom is -0.495 e. The molecule has 186 valence electrons. The van der Waals surface area contributed by atoms with Gasteiger partial charge in [0, 0.05) is 6.04 Å². The van der Waals surface area contributed by atoms with Crippen LogP contribution in [0.1, 0.15) is 31.9 Å². The molecule has 2 heterocycles. The molecular formula is C26H30N2O7. The number of nitrogens with one attached hydrogen (secondary N) is 1. The Bertz CT molecular complexity index is 1160. The van der Waals surface area contributed by atoms with Crippen molar-refractivity contribution in [1.29, 1.82) is 0 Å². The number of ether oxygens (including phenoxy) is 3. The second kappa shape index (κ2) is 9.22. The third-order valence-electron chi connectivity index (χ3n) is 6.86. The maximum absolute atomic E-state index is 13.9. The van der Waals surface area contributed by atoms with Gasteiger partial charge in [0.25, 0.3) is 0 Å². The van der Waals surface area contributed by atoms with E-state index in [9.17, 15) is 19.5 Å². The highest BCUT2D eigenvalue weighted by molar-refractivity contribution is 6.24. The Morgan fingerprint density at radius 3 is 2.26 bits per heavy atom. The molecule has 0 aliphatic carbocycles. The molecule has 2 saturated heterocycles. The second-order valence-electron chi connectivity index (χ2n) is 9.30. The molecule has 2 aromatic carbocycles. The van der Waals surface area contributed by atoms with Gasteiger partial charge in [-0.1, -0.05) is 32.0 Å². The normalized spacial score (nSPS) is 25.7. The summed E-state index contributed by atoms with van der Waals surface area (Å²) in [4.78, 5) is 41.6. The van der Waals surface area contributed by atoms with E-state index in [1.165, 1.54) is 21.3 Å². The topological polar surface area (TPSA) is 114 Å². The number of nitrogens with zero attached hydrogens (tertiary/aromatic N) is 1. The van der Waals surface area contributed by atoms with E-state index in [2.05, 4.69) is 5.32 Å². The number of carboxylic acid groups (broad SMARTS) is 1. The van der Waals surface area contributed by atoms with Crippen molar-refractivity contribution in [3.05, 3.63) is 48.0 Å².